The molecule has 27 heavy (non-hydrogen) atoms. The van der Waals surface area contributed by atoms with E-state index in [1.54, 1.807) is 12.1 Å². The van der Waals surface area contributed by atoms with Gasteiger partial charge in [-0.15, -0.1) is 0 Å². The van der Waals surface area contributed by atoms with E-state index in [9.17, 15) is 13.6 Å². The van der Waals surface area contributed by atoms with E-state index in [0.717, 1.165) is 35.5 Å². The second-order valence-electron chi connectivity index (χ2n) is 5.76. The van der Waals surface area contributed by atoms with Crippen molar-refractivity contribution in [3.63, 3.8) is 0 Å². The fraction of sp³-hybridized carbons (Fsp3) is 0.167. The molecular formula is C18H17F2N5OS. The zero-order chi connectivity index (χ0) is 19.6. The molecule has 0 aliphatic heterocycles. The van der Waals surface area contributed by atoms with Crippen molar-refractivity contribution in [2.45, 2.75) is 20.4 Å². The average molecular weight is 389 g/mol. The summed E-state index contributed by atoms with van der Waals surface area (Å²) in [6, 6.07) is 8.23. The maximum atomic E-state index is 13.6. The molecular weight excluding hydrogens is 372 g/mol. The number of rotatable bonds is 3. The smallest absolute Gasteiger partial charge is 0.269 e. The van der Waals surface area contributed by atoms with Gasteiger partial charge in [0.05, 0.1) is 16.7 Å². The summed E-state index contributed by atoms with van der Waals surface area (Å²) in [5, 5.41) is 2.50. The molecule has 3 N–H and O–H groups in total. The minimum atomic E-state index is -0.794. The summed E-state index contributed by atoms with van der Waals surface area (Å²) in [6.07, 6.45) is 0. The molecule has 0 aliphatic rings. The van der Waals surface area contributed by atoms with Gasteiger partial charge in [-0.1, -0.05) is 0 Å². The van der Waals surface area contributed by atoms with Crippen LogP contribution < -0.4 is 16.2 Å². The Kier molecular flexibility index (Phi) is 5.31. The van der Waals surface area contributed by atoms with E-state index < -0.39 is 17.5 Å². The van der Waals surface area contributed by atoms with Gasteiger partial charge in [0.2, 0.25) is 0 Å². The first kappa shape index (κ1) is 18.7. The molecule has 0 unspecified atom stereocenters. The van der Waals surface area contributed by atoms with E-state index in [4.69, 9.17) is 12.2 Å². The van der Waals surface area contributed by atoms with Crippen LogP contribution in [0.25, 0.3) is 11.0 Å². The minimum absolute atomic E-state index is 0.00912. The monoisotopic (exact) mass is 389 g/mol. The topological polar surface area (TPSA) is 71.0 Å². The van der Waals surface area contributed by atoms with Gasteiger partial charge in [0.15, 0.2) is 5.11 Å². The maximum Gasteiger partial charge on any atom is 0.269 e. The van der Waals surface area contributed by atoms with Crippen molar-refractivity contribution in [1.82, 2.24) is 20.4 Å². The number of aryl methyl sites for hydroxylation is 2. The molecule has 2 aromatic carbocycles. The highest BCUT2D eigenvalue weighted by atomic mass is 32.1. The van der Waals surface area contributed by atoms with Crippen molar-refractivity contribution >= 4 is 40.0 Å². The first-order valence-electron chi connectivity index (χ1n) is 8.18. The number of carbonyl (C=O) groups excluding carboxylic acids is 1. The summed E-state index contributed by atoms with van der Waals surface area (Å²) < 4.78 is 28.6. The van der Waals surface area contributed by atoms with Gasteiger partial charge in [-0.2, -0.15) is 0 Å². The van der Waals surface area contributed by atoms with Crippen LogP contribution in [0, 0.1) is 18.6 Å². The average Bonchev–Trinajstić information content (AvgIpc) is 2.96. The molecule has 1 aromatic heterocycles. The van der Waals surface area contributed by atoms with Crippen LogP contribution in [0.2, 0.25) is 0 Å². The number of hydrazine groups is 1. The van der Waals surface area contributed by atoms with Gasteiger partial charge in [0, 0.05) is 18.2 Å². The number of amides is 1. The predicted octanol–water partition coefficient (Wildman–Crippen LogP) is 3.27. The second kappa shape index (κ2) is 7.67. The van der Waals surface area contributed by atoms with Crippen molar-refractivity contribution in [2.24, 2.45) is 0 Å². The molecule has 0 fully saturated rings. The Labute approximate surface area is 159 Å². The van der Waals surface area contributed by atoms with Crippen LogP contribution >= 0.6 is 12.2 Å². The first-order valence-corrected chi connectivity index (χ1v) is 8.59. The lowest BCUT2D eigenvalue weighted by molar-refractivity contribution is 0.0944. The Bertz CT molecular complexity index is 1030. The van der Waals surface area contributed by atoms with Gasteiger partial charge >= 0.3 is 0 Å². The number of aromatic nitrogens is 2. The van der Waals surface area contributed by atoms with E-state index in [0.29, 0.717) is 5.56 Å². The Morgan fingerprint density at radius 2 is 1.96 bits per heavy atom. The summed E-state index contributed by atoms with van der Waals surface area (Å²) in [5.41, 5.74) is 6.96. The lowest BCUT2D eigenvalue weighted by Crippen LogP contribution is -2.43. The van der Waals surface area contributed by atoms with Gasteiger partial charge in [-0.25, -0.2) is 13.8 Å². The Morgan fingerprint density at radius 1 is 1.19 bits per heavy atom. The SMILES string of the molecule is CCn1c(C)nc2cc(C(=O)NNC(=S)Nc3ccc(F)cc3F)ccc21. The van der Waals surface area contributed by atoms with E-state index >= 15 is 0 Å². The predicted molar refractivity (Wildman–Crippen MR) is 103 cm³/mol. The van der Waals surface area contributed by atoms with Crippen molar-refractivity contribution in [3.8, 4) is 0 Å². The van der Waals surface area contributed by atoms with E-state index in [1.807, 2.05) is 24.5 Å². The van der Waals surface area contributed by atoms with Crippen LogP contribution in [0.1, 0.15) is 23.1 Å². The number of hydrogen-bond acceptors (Lipinski definition) is 3. The molecule has 0 radical (unpaired) electrons. The molecule has 0 spiro atoms. The number of nitrogens with one attached hydrogen (secondary N) is 3. The van der Waals surface area contributed by atoms with Crippen molar-refractivity contribution < 1.29 is 13.6 Å². The molecule has 0 saturated carbocycles. The summed E-state index contributed by atoms with van der Waals surface area (Å²) in [5.74, 6) is -1.04. The number of hydrogen-bond donors (Lipinski definition) is 3. The van der Waals surface area contributed by atoms with Gasteiger partial charge in [-0.3, -0.25) is 15.6 Å². The number of anilines is 1. The number of imidazole rings is 1. The lowest BCUT2D eigenvalue weighted by atomic mass is 10.2. The number of thiocarbonyl (C=S) groups is 1. The summed E-state index contributed by atoms with van der Waals surface area (Å²) in [4.78, 5) is 16.7. The second-order valence-corrected chi connectivity index (χ2v) is 6.17. The third-order valence-electron chi connectivity index (χ3n) is 3.99. The quantitative estimate of drug-likeness (QED) is 0.474. The Hall–Kier alpha value is -3.07. The molecule has 1 heterocycles. The summed E-state index contributed by atoms with van der Waals surface area (Å²) >= 11 is 5.00. The number of carbonyl (C=O) groups is 1. The maximum absolute atomic E-state index is 13.6. The molecule has 3 rings (SSSR count). The van der Waals surface area contributed by atoms with Gasteiger partial charge in [-0.05, 0) is 56.4 Å². The zero-order valence-corrected chi connectivity index (χ0v) is 15.5. The van der Waals surface area contributed by atoms with Crippen molar-refractivity contribution in [2.75, 3.05) is 5.32 Å². The van der Waals surface area contributed by atoms with Gasteiger partial charge in [0.25, 0.3) is 5.91 Å². The van der Waals surface area contributed by atoms with E-state index in [2.05, 4.69) is 21.2 Å². The van der Waals surface area contributed by atoms with Crippen LogP contribution in [0.4, 0.5) is 14.5 Å². The summed E-state index contributed by atoms with van der Waals surface area (Å²) in [7, 11) is 0. The van der Waals surface area contributed by atoms with E-state index in [-0.39, 0.29) is 10.8 Å². The molecule has 3 aromatic rings. The third-order valence-corrected chi connectivity index (χ3v) is 4.19. The van der Waals surface area contributed by atoms with Gasteiger partial charge in [0.1, 0.15) is 17.5 Å². The van der Waals surface area contributed by atoms with Crippen LogP contribution in [0.15, 0.2) is 36.4 Å². The minimum Gasteiger partial charge on any atom is -0.329 e. The molecule has 0 saturated heterocycles. The highest BCUT2D eigenvalue weighted by Crippen LogP contribution is 2.18. The fourth-order valence-electron chi connectivity index (χ4n) is 2.72. The number of nitrogens with zero attached hydrogens (tertiary/aromatic N) is 2. The molecule has 9 heteroatoms. The molecule has 6 nitrogen and oxygen atoms in total. The number of fused-ring (bicyclic) bond motifs is 1. The Balaban J connectivity index is 1.65. The van der Waals surface area contributed by atoms with Crippen molar-refractivity contribution in [3.05, 3.63) is 59.4 Å². The number of halogens is 2. The zero-order valence-electron chi connectivity index (χ0n) is 14.6. The first-order chi connectivity index (χ1) is 12.9. The van der Waals surface area contributed by atoms with Gasteiger partial charge < -0.3 is 9.88 Å². The third kappa shape index (κ3) is 4.03. The molecule has 0 aliphatic carbocycles. The van der Waals surface area contributed by atoms with Crippen molar-refractivity contribution in [1.29, 1.82) is 0 Å². The highest BCUT2D eigenvalue weighted by molar-refractivity contribution is 7.80. The molecule has 140 valence electrons. The molecule has 0 bridgehead atoms. The number of benzene rings is 2. The summed E-state index contributed by atoms with van der Waals surface area (Å²) in [6.45, 7) is 4.72. The van der Waals surface area contributed by atoms with E-state index in [1.165, 1.54) is 6.07 Å². The fourth-order valence-corrected chi connectivity index (χ4v) is 2.88. The normalized spacial score (nSPS) is 10.7. The van der Waals surface area contributed by atoms with Crippen LogP contribution in [-0.2, 0) is 6.54 Å². The molecule has 0 atom stereocenters. The highest BCUT2D eigenvalue weighted by Gasteiger charge is 2.12. The molecule has 1 amide bonds. The standard InChI is InChI=1S/C18H17F2N5OS/c1-3-25-10(2)21-15-8-11(4-7-16(15)25)17(26)23-24-18(27)22-14-6-5-12(19)9-13(14)20/h4-9H,3H2,1-2H3,(H,23,26)(H2,22,24,27). The van der Waals surface area contributed by atoms with Crippen LogP contribution in [0.5, 0.6) is 0 Å². The van der Waals surface area contributed by atoms with Crippen LogP contribution in [-0.4, -0.2) is 20.6 Å². The largest absolute Gasteiger partial charge is 0.329 e. The Morgan fingerprint density at radius 3 is 2.67 bits per heavy atom. The lowest BCUT2D eigenvalue weighted by Gasteiger charge is -2.12. The van der Waals surface area contributed by atoms with Crippen LogP contribution in [0.3, 0.4) is 0 Å².